The molecule has 1 aromatic heterocycles. The molecule has 0 saturated carbocycles. The van der Waals surface area contributed by atoms with Crippen LogP contribution in [0, 0.1) is 6.92 Å². The molecule has 0 radical (unpaired) electrons. The van der Waals surface area contributed by atoms with Crippen molar-refractivity contribution in [1.29, 1.82) is 0 Å². The zero-order valence-electron chi connectivity index (χ0n) is 12.5. The number of alkyl halides is 3. The van der Waals surface area contributed by atoms with Gasteiger partial charge in [-0.3, -0.25) is 4.79 Å². The van der Waals surface area contributed by atoms with E-state index in [4.69, 9.17) is 9.63 Å². The van der Waals surface area contributed by atoms with Crippen molar-refractivity contribution in [2.75, 3.05) is 13.6 Å². The molecule has 23 heavy (non-hydrogen) atoms. The third-order valence-corrected chi connectivity index (χ3v) is 3.30. The Kier molecular flexibility index (Phi) is 4.74. The number of halogens is 3. The lowest BCUT2D eigenvalue weighted by Gasteiger charge is -2.22. The van der Waals surface area contributed by atoms with Crippen LogP contribution in [-0.2, 0) is 0 Å². The van der Waals surface area contributed by atoms with Gasteiger partial charge < -0.3 is 14.5 Å². The van der Waals surface area contributed by atoms with Crippen molar-refractivity contribution in [2.24, 2.45) is 0 Å². The number of aliphatic hydroxyl groups is 1. The minimum absolute atomic E-state index is 0.0769. The first kappa shape index (κ1) is 17.0. The van der Waals surface area contributed by atoms with Crippen molar-refractivity contribution in [1.82, 2.24) is 10.1 Å². The summed E-state index contributed by atoms with van der Waals surface area (Å²) in [6.07, 6.45) is -7.41. The molecule has 1 atom stereocenters. The second-order valence-corrected chi connectivity index (χ2v) is 5.07. The molecule has 1 unspecified atom stereocenters. The van der Waals surface area contributed by atoms with E-state index in [2.05, 4.69) is 5.16 Å². The number of hydrogen-bond donors (Lipinski definition) is 1. The number of aliphatic hydroxyl groups excluding tert-OH is 1. The maximum Gasteiger partial charge on any atom is 0.416 e. The third-order valence-electron chi connectivity index (χ3n) is 3.30. The van der Waals surface area contributed by atoms with Crippen molar-refractivity contribution in [3.63, 3.8) is 0 Å². The summed E-state index contributed by atoms with van der Waals surface area (Å²) in [4.78, 5) is 13.2. The summed E-state index contributed by atoms with van der Waals surface area (Å²) < 4.78 is 42.3. The molecule has 1 N–H and O–H groups in total. The van der Waals surface area contributed by atoms with E-state index in [-0.39, 0.29) is 17.0 Å². The van der Waals surface area contributed by atoms with E-state index in [1.165, 1.54) is 14.0 Å². The van der Waals surface area contributed by atoms with Crippen molar-refractivity contribution >= 4 is 5.91 Å². The number of likely N-dealkylation sites (N-methyl/N-ethyl adjacent to an activating group) is 1. The molecule has 2 rings (SSSR count). The second kappa shape index (κ2) is 6.41. The number of aryl methyl sites for hydroxylation is 1. The molecule has 1 amide bonds. The number of benzene rings is 1. The van der Waals surface area contributed by atoms with Crippen LogP contribution in [0.3, 0.4) is 0 Å². The van der Waals surface area contributed by atoms with Gasteiger partial charge in [-0.15, -0.1) is 0 Å². The Balaban J connectivity index is 2.28. The summed E-state index contributed by atoms with van der Waals surface area (Å²) in [6.45, 7) is 0.627. The van der Waals surface area contributed by atoms with Crippen LogP contribution in [0.15, 0.2) is 34.9 Å². The summed E-state index contributed by atoms with van der Waals surface area (Å²) in [6, 6.07) is 8.68. The number of rotatable bonds is 4. The van der Waals surface area contributed by atoms with Crippen molar-refractivity contribution in [2.45, 2.75) is 19.2 Å². The second-order valence-electron chi connectivity index (χ2n) is 5.07. The fourth-order valence-corrected chi connectivity index (χ4v) is 2.05. The van der Waals surface area contributed by atoms with Crippen LogP contribution in [0.4, 0.5) is 13.2 Å². The van der Waals surface area contributed by atoms with E-state index < -0.39 is 24.7 Å². The van der Waals surface area contributed by atoms with Gasteiger partial charge in [-0.25, -0.2) is 0 Å². The van der Waals surface area contributed by atoms with E-state index >= 15 is 0 Å². The molecule has 1 heterocycles. The average molecular weight is 328 g/mol. The lowest BCUT2D eigenvalue weighted by Crippen LogP contribution is -2.42. The predicted molar refractivity (Wildman–Crippen MR) is 75.7 cm³/mol. The largest absolute Gasteiger partial charge is 0.416 e. The van der Waals surface area contributed by atoms with Gasteiger partial charge in [-0.1, -0.05) is 35.5 Å². The molecule has 0 saturated heterocycles. The van der Waals surface area contributed by atoms with E-state index in [9.17, 15) is 18.0 Å². The van der Waals surface area contributed by atoms with Crippen LogP contribution in [0.5, 0.6) is 0 Å². The quantitative estimate of drug-likeness (QED) is 0.937. The first-order chi connectivity index (χ1) is 10.7. The van der Waals surface area contributed by atoms with Crippen LogP contribution in [-0.4, -0.2) is 46.9 Å². The van der Waals surface area contributed by atoms with E-state index in [0.29, 0.717) is 5.56 Å². The fourth-order valence-electron chi connectivity index (χ4n) is 2.05. The summed E-state index contributed by atoms with van der Waals surface area (Å²) in [5.74, 6) is -0.506. The molecule has 0 fully saturated rings. The first-order valence-electron chi connectivity index (χ1n) is 6.73. The zero-order valence-corrected chi connectivity index (χ0v) is 12.5. The van der Waals surface area contributed by atoms with Crippen LogP contribution < -0.4 is 0 Å². The minimum Gasteiger partial charge on any atom is -0.382 e. The van der Waals surface area contributed by atoms with Gasteiger partial charge in [0.2, 0.25) is 0 Å². The van der Waals surface area contributed by atoms with E-state index in [1.54, 1.807) is 30.3 Å². The van der Waals surface area contributed by atoms with Gasteiger partial charge in [-0.2, -0.15) is 13.2 Å². The van der Waals surface area contributed by atoms with Gasteiger partial charge >= 0.3 is 6.18 Å². The number of amides is 1. The first-order valence-corrected chi connectivity index (χ1v) is 6.73. The molecule has 0 bridgehead atoms. The summed E-state index contributed by atoms with van der Waals surface area (Å²) >= 11 is 0. The highest BCUT2D eigenvalue weighted by molar-refractivity contribution is 6.00. The number of aromatic nitrogens is 1. The maximum absolute atomic E-state index is 12.4. The molecular formula is C15H15F3N2O3. The summed E-state index contributed by atoms with van der Waals surface area (Å²) in [7, 11) is 1.18. The molecule has 8 heteroatoms. The Hall–Kier alpha value is -2.35. The molecular weight excluding hydrogens is 313 g/mol. The Labute approximate surface area is 130 Å². The number of nitrogens with zero attached hydrogens (tertiary/aromatic N) is 2. The van der Waals surface area contributed by atoms with Crippen molar-refractivity contribution in [3.05, 3.63) is 41.7 Å². The molecule has 0 aliphatic heterocycles. The molecule has 1 aromatic carbocycles. The van der Waals surface area contributed by atoms with Gasteiger partial charge in [0.05, 0.1) is 6.54 Å². The molecule has 124 valence electrons. The standard InChI is InChI=1S/C15H15F3N2O3/c1-9-12(13(19-23-9)10-6-4-3-5-7-10)14(22)20(2)8-11(21)15(16,17)18/h3-7,11,21H,8H2,1-2H3. The topological polar surface area (TPSA) is 66.6 Å². The third kappa shape index (κ3) is 3.70. The zero-order chi connectivity index (χ0) is 17.2. The van der Waals surface area contributed by atoms with Crippen LogP contribution in [0.1, 0.15) is 16.1 Å². The van der Waals surface area contributed by atoms with Gasteiger partial charge in [-0.05, 0) is 6.92 Å². The maximum atomic E-state index is 12.4. The Bertz CT molecular complexity index is 683. The highest BCUT2D eigenvalue weighted by Gasteiger charge is 2.40. The van der Waals surface area contributed by atoms with Gasteiger partial charge in [0, 0.05) is 12.6 Å². The van der Waals surface area contributed by atoms with Crippen molar-refractivity contribution in [3.8, 4) is 11.3 Å². The van der Waals surface area contributed by atoms with E-state index in [0.717, 1.165) is 4.90 Å². The minimum atomic E-state index is -4.79. The van der Waals surface area contributed by atoms with Gasteiger partial charge in [0.25, 0.3) is 5.91 Å². The highest BCUT2D eigenvalue weighted by Crippen LogP contribution is 2.27. The normalized spacial score (nSPS) is 13.0. The Morgan fingerprint density at radius 3 is 2.52 bits per heavy atom. The molecule has 0 aliphatic carbocycles. The van der Waals surface area contributed by atoms with Crippen LogP contribution in [0.2, 0.25) is 0 Å². The lowest BCUT2D eigenvalue weighted by molar-refractivity contribution is -0.205. The Morgan fingerprint density at radius 1 is 1.35 bits per heavy atom. The Morgan fingerprint density at radius 2 is 1.96 bits per heavy atom. The predicted octanol–water partition coefficient (Wildman–Crippen LogP) is 2.65. The highest BCUT2D eigenvalue weighted by atomic mass is 19.4. The summed E-state index contributed by atoms with van der Waals surface area (Å²) in [5.41, 5.74) is 0.937. The van der Waals surface area contributed by atoms with Crippen LogP contribution >= 0.6 is 0 Å². The average Bonchev–Trinajstić information content (AvgIpc) is 2.88. The number of hydrogen-bond acceptors (Lipinski definition) is 4. The molecule has 0 spiro atoms. The lowest BCUT2D eigenvalue weighted by atomic mass is 10.1. The van der Waals surface area contributed by atoms with Crippen molar-refractivity contribution < 1.29 is 27.6 Å². The molecule has 0 aliphatic rings. The van der Waals surface area contributed by atoms with Crippen LogP contribution in [0.25, 0.3) is 11.3 Å². The molecule has 2 aromatic rings. The number of carbonyl (C=O) groups excluding carboxylic acids is 1. The smallest absolute Gasteiger partial charge is 0.382 e. The van der Waals surface area contributed by atoms with E-state index in [1.807, 2.05) is 0 Å². The van der Waals surface area contributed by atoms with Gasteiger partial charge in [0.1, 0.15) is 17.0 Å². The van der Waals surface area contributed by atoms with Gasteiger partial charge in [0.15, 0.2) is 6.10 Å². The number of carbonyl (C=O) groups is 1. The fraction of sp³-hybridized carbons (Fsp3) is 0.333. The SMILES string of the molecule is Cc1onc(-c2ccccc2)c1C(=O)N(C)CC(O)C(F)(F)F. The monoisotopic (exact) mass is 328 g/mol. The summed E-state index contributed by atoms with van der Waals surface area (Å²) in [5, 5.41) is 12.9. The molecule has 5 nitrogen and oxygen atoms in total.